The Labute approximate surface area is 155 Å². The van der Waals surface area contributed by atoms with Crippen molar-refractivity contribution in [3.63, 3.8) is 0 Å². The van der Waals surface area contributed by atoms with Gasteiger partial charge in [-0.2, -0.15) is 0 Å². The van der Waals surface area contributed by atoms with Crippen LogP contribution < -0.4 is 5.32 Å². The van der Waals surface area contributed by atoms with E-state index in [0.29, 0.717) is 28.0 Å². The van der Waals surface area contributed by atoms with Gasteiger partial charge in [0.2, 0.25) is 0 Å². The second-order valence-corrected chi connectivity index (χ2v) is 6.81. The summed E-state index contributed by atoms with van der Waals surface area (Å²) in [4.78, 5) is 25.0. The monoisotopic (exact) mass is 362 g/mol. The highest BCUT2D eigenvalue weighted by molar-refractivity contribution is 6.06. The molecule has 2 heterocycles. The summed E-state index contributed by atoms with van der Waals surface area (Å²) >= 11 is 0. The highest BCUT2D eigenvalue weighted by Gasteiger charge is 2.18. The Hall–Kier alpha value is -3.28. The van der Waals surface area contributed by atoms with Crippen LogP contribution in [0.2, 0.25) is 0 Å². The van der Waals surface area contributed by atoms with Gasteiger partial charge in [-0.15, -0.1) is 0 Å². The van der Waals surface area contributed by atoms with Crippen molar-refractivity contribution in [2.45, 2.75) is 26.8 Å². The normalized spacial score (nSPS) is 12.4. The van der Waals surface area contributed by atoms with Crippen molar-refractivity contribution in [2.75, 3.05) is 0 Å². The van der Waals surface area contributed by atoms with E-state index in [1.807, 2.05) is 32.0 Å². The van der Waals surface area contributed by atoms with Gasteiger partial charge in [0.1, 0.15) is 11.6 Å². The third-order valence-electron chi connectivity index (χ3n) is 4.56. The number of hydrogen-bond acceptors (Lipinski definition) is 3. The summed E-state index contributed by atoms with van der Waals surface area (Å²) in [6.07, 6.45) is 0. The molecule has 1 amide bonds. The Morgan fingerprint density at radius 1 is 1.07 bits per heavy atom. The standard InChI is InChI=1S/C21H19FN4O/c1-11-4-7-17-19(8-11)26-20(25-17)13(3)24-21(27)16-9-12(2)23-18-10-14(22)5-6-15(16)18/h4-10,13H,1-3H3,(H,24,27)(H,25,26)/t13-/m1/s1. The van der Waals surface area contributed by atoms with Crippen LogP contribution in [0.5, 0.6) is 0 Å². The second kappa shape index (κ2) is 6.46. The lowest BCUT2D eigenvalue weighted by Crippen LogP contribution is -2.27. The van der Waals surface area contributed by atoms with Crippen molar-refractivity contribution in [1.29, 1.82) is 0 Å². The SMILES string of the molecule is Cc1ccc2nc([C@@H](C)NC(=O)c3cc(C)nc4cc(F)ccc34)[nH]c2c1. The van der Waals surface area contributed by atoms with Crippen LogP contribution in [0.3, 0.4) is 0 Å². The number of H-pyrrole nitrogens is 1. The van der Waals surface area contributed by atoms with Crippen LogP contribution in [-0.4, -0.2) is 20.9 Å². The number of fused-ring (bicyclic) bond motifs is 2. The number of aromatic nitrogens is 3. The fourth-order valence-corrected chi connectivity index (χ4v) is 3.21. The molecule has 0 unspecified atom stereocenters. The molecule has 2 N–H and O–H groups in total. The number of aryl methyl sites for hydroxylation is 2. The first-order valence-corrected chi connectivity index (χ1v) is 8.75. The minimum Gasteiger partial charge on any atom is -0.342 e. The first-order chi connectivity index (χ1) is 12.9. The largest absolute Gasteiger partial charge is 0.342 e. The number of rotatable bonds is 3. The van der Waals surface area contributed by atoms with E-state index in [1.54, 1.807) is 19.1 Å². The third kappa shape index (κ3) is 3.26. The Kier molecular flexibility index (Phi) is 4.11. The Balaban J connectivity index is 1.66. The van der Waals surface area contributed by atoms with Crippen LogP contribution in [-0.2, 0) is 0 Å². The van der Waals surface area contributed by atoms with Crippen molar-refractivity contribution < 1.29 is 9.18 Å². The van der Waals surface area contributed by atoms with Gasteiger partial charge in [-0.05, 0) is 56.7 Å². The maximum atomic E-state index is 13.5. The summed E-state index contributed by atoms with van der Waals surface area (Å²) in [6.45, 7) is 5.68. The van der Waals surface area contributed by atoms with Crippen molar-refractivity contribution in [3.8, 4) is 0 Å². The maximum Gasteiger partial charge on any atom is 0.252 e. The molecule has 6 heteroatoms. The number of carbonyl (C=O) groups excluding carboxylic acids is 1. The highest BCUT2D eigenvalue weighted by Crippen LogP contribution is 2.22. The molecule has 0 saturated heterocycles. The molecular weight excluding hydrogens is 343 g/mol. The number of benzene rings is 2. The predicted octanol–water partition coefficient (Wildman–Crippen LogP) is 4.36. The molecule has 5 nitrogen and oxygen atoms in total. The average molecular weight is 362 g/mol. The Bertz CT molecular complexity index is 1180. The number of pyridine rings is 1. The van der Waals surface area contributed by atoms with E-state index in [9.17, 15) is 9.18 Å². The second-order valence-electron chi connectivity index (χ2n) is 6.81. The van der Waals surface area contributed by atoms with E-state index in [2.05, 4.69) is 20.3 Å². The van der Waals surface area contributed by atoms with Crippen LogP contribution in [0.25, 0.3) is 21.9 Å². The zero-order valence-corrected chi connectivity index (χ0v) is 15.3. The van der Waals surface area contributed by atoms with E-state index in [0.717, 1.165) is 16.6 Å². The molecule has 0 aliphatic carbocycles. The zero-order chi connectivity index (χ0) is 19.1. The molecule has 27 heavy (non-hydrogen) atoms. The predicted molar refractivity (Wildman–Crippen MR) is 103 cm³/mol. The fraction of sp³-hybridized carbons (Fsp3) is 0.190. The van der Waals surface area contributed by atoms with Gasteiger partial charge in [-0.3, -0.25) is 9.78 Å². The lowest BCUT2D eigenvalue weighted by molar-refractivity contribution is 0.0940. The molecule has 0 aliphatic heterocycles. The molecule has 4 rings (SSSR count). The minimum atomic E-state index is -0.377. The number of nitrogens with zero attached hydrogens (tertiary/aromatic N) is 2. The van der Waals surface area contributed by atoms with Crippen LogP contribution in [0.1, 0.15) is 40.4 Å². The van der Waals surface area contributed by atoms with E-state index in [-0.39, 0.29) is 17.8 Å². The van der Waals surface area contributed by atoms with Crippen molar-refractivity contribution >= 4 is 27.8 Å². The van der Waals surface area contributed by atoms with E-state index in [4.69, 9.17) is 0 Å². The number of halogens is 1. The summed E-state index contributed by atoms with van der Waals surface area (Å²) in [7, 11) is 0. The molecule has 0 aliphatic rings. The number of nitrogens with one attached hydrogen (secondary N) is 2. The molecule has 4 aromatic rings. The van der Waals surface area contributed by atoms with Crippen LogP contribution in [0, 0.1) is 19.7 Å². The molecule has 0 saturated carbocycles. The van der Waals surface area contributed by atoms with Gasteiger partial charge >= 0.3 is 0 Å². The number of hydrogen-bond donors (Lipinski definition) is 2. The third-order valence-corrected chi connectivity index (χ3v) is 4.56. The van der Waals surface area contributed by atoms with E-state index < -0.39 is 0 Å². The Morgan fingerprint density at radius 3 is 2.70 bits per heavy atom. The summed E-state index contributed by atoms with van der Waals surface area (Å²) < 4.78 is 13.5. The molecule has 0 spiro atoms. The van der Waals surface area contributed by atoms with E-state index in [1.165, 1.54) is 12.1 Å². The first-order valence-electron chi connectivity index (χ1n) is 8.75. The molecule has 0 radical (unpaired) electrons. The lowest BCUT2D eigenvalue weighted by Gasteiger charge is -2.13. The maximum absolute atomic E-state index is 13.5. The fourth-order valence-electron chi connectivity index (χ4n) is 3.21. The van der Waals surface area contributed by atoms with Gasteiger partial charge in [0.05, 0.1) is 28.2 Å². The molecule has 0 bridgehead atoms. The van der Waals surface area contributed by atoms with Crippen LogP contribution in [0.4, 0.5) is 4.39 Å². The summed E-state index contributed by atoms with van der Waals surface area (Å²) in [5, 5.41) is 3.59. The van der Waals surface area contributed by atoms with E-state index >= 15 is 0 Å². The smallest absolute Gasteiger partial charge is 0.252 e. The number of aromatic amines is 1. The van der Waals surface area contributed by atoms with Gasteiger partial charge < -0.3 is 10.3 Å². The zero-order valence-electron chi connectivity index (χ0n) is 15.3. The quantitative estimate of drug-likeness (QED) is 0.569. The summed E-state index contributed by atoms with van der Waals surface area (Å²) in [5.74, 6) is 0.0595. The van der Waals surface area contributed by atoms with Crippen molar-refractivity contribution in [1.82, 2.24) is 20.3 Å². The number of carbonyl (C=O) groups is 1. The summed E-state index contributed by atoms with van der Waals surface area (Å²) in [5.41, 5.74) is 4.53. The van der Waals surface area contributed by atoms with Gasteiger partial charge in [0.15, 0.2) is 0 Å². The van der Waals surface area contributed by atoms with Crippen molar-refractivity contribution in [3.05, 3.63) is 70.9 Å². The first kappa shape index (κ1) is 17.1. The van der Waals surface area contributed by atoms with Gasteiger partial charge in [-0.1, -0.05) is 6.07 Å². The van der Waals surface area contributed by atoms with Crippen LogP contribution in [0.15, 0.2) is 42.5 Å². The summed E-state index contributed by atoms with van der Waals surface area (Å²) in [6, 6.07) is 11.6. The molecule has 2 aromatic carbocycles. The average Bonchev–Trinajstić information content (AvgIpc) is 3.03. The molecular formula is C21H19FN4O. The molecule has 1 atom stereocenters. The van der Waals surface area contributed by atoms with Gasteiger partial charge in [0.25, 0.3) is 5.91 Å². The van der Waals surface area contributed by atoms with Crippen LogP contribution >= 0.6 is 0 Å². The topological polar surface area (TPSA) is 70.7 Å². The van der Waals surface area contributed by atoms with Gasteiger partial charge in [-0.25, -0.2) is 9.37 Å². The number of imidazole rings is 1. The Morgan fingerprint density at radius 2 is 1.89 bits per heavy atom. The molecule has 0 fully saturated rings. The lowest BCUT2D eigenvalue weighted by atomic mass is 10.1. The molecule has 2 aromatic heterocycles. The van der Waals surface area contributed by atoms with Crippen molar-refractivity contribution in [2.24, 2.45) is 0 Å². The van der Waals surface area contributed by atoms with Gasteiger partial charge in [0, 0.05) is 17.1 Å². The number of amides is 1. The highest BCUT2D eigenvalue weighted by atomic mass is 19.1. The molecule has 136 valence electrons. The minimum absolute atomic E-state index is 0.249.